The molecule has 2 aliphatic rings. The zero-order valence-electron chi connectivity index (χ0n) is 45.8. The maximum atomic E-state index is 15.0. The van der Waals surface area contributed by atoms with Gasteiger partial charge in [-0.1, -0.05) is 159 Å². The standard InChI is InChI=1S/C78H50F4N2O/c1-3-49-13-17-51(18-14-49)77(53-21-25-55(79)26-22-53)71-11-7-5-9-65(71)67-41-37-63(47-73(67)77)83(59-33-29-57(81)30-34-59)61-39-43-75-69(45-61)70-46-62(40-44-76(70)85-75)84(60-35-31-58(82)32-36-60)64-38-42-68-66-10-6-8-12-72(66)78(74(68)48-64,54-23-27-56(80)28-24-54)52-19-15-50(4-2)16-20-52/h3-48H,1-2H2. The van der Waals surface area contributed by atoms with Gasteiger partial charge in [0.15, 0.2) is 0 Å². The average molecular weight is 1110 g/mol. The van der Waals surface area contributed by atoms with Crippen LogP contribution in [0.3, 0.4) is 0 Å². The lowest BCUT2D eigenvalue weighted by Gasteiger charge is -2.35. The number of benzene rings is 12. The Morgan fingerprint density at radius 2 is 0.588 bits per heavy atom. The first-order chi connectivity index (χ1) is 41.6. The van der Waals surface area contributed by atoms with Gasteiger partial charge in [0, 0.05) is 44.9 Å². The van der Waals surface area contributed by atoms with Gasteiger partial charge in [0.05, 0.1) is 10.8 Å². The molecule has 0 saturated carbocycles. The van der Waals surface area contributed by atoms with Crippen molar-refractivity contribution in [2.75, 3.05) is 9.80 Å². The predicted octanol–water partition coefficient (Wildman–Crippen LogP) is 21.1. The van der Waals surface area contributed by atoms with E-state index in [0.717, 1.165) is 123 Å². The number of anilines is 6. The van der Waals surface area contributed by atoms with Crippen molar-refractivity contribution >= 4 is 68.2 Å². The maximum absolute atomic E-state index is 15.0. The molecule has 3 nitrogen and oxygen atoms in total. The van der Waals surface area contributed by atoms with Gasteiger partial charge < -0.3 is 14.2 Å². The van der Waals surface area contributed by atoms with E-state index in [4.69, 9.17) is 4.42 Å². The van der Waals surface area contributed by atoms with Gasteiger partial charge in [0.25, 0.3) is 0 Å². The molecule has 406 valence electrons. The number of furan rings is 1. The Kier molecular flexibility index (Phi) is 12.0. The molecule has 15 rings (SSSR count). The van der Waals surface area contributed by atoms with Gasteiger partial charge in [0.2, 0.25) is 0 Å². The van der Waals surface area contributed by atoms with E-state index in [9.17, 15) is 8.78 Å². The van der Waals surface area contributed by atoms with Crippen molar-refractivity contribution in [2.24, 2.45) is 0 Å². The molecule has 2 unspecified atom stereocenters. The monoisotopic (exact) mass is 1110 g/mol. The summed E-state index contributed by atoms with van der Waals surface area (Å²) in [6.45, 7) is 8.05. The van der Waals surface area contributed by atoms with Crippen molar-refractivity contribution in [2.45, 2.75) is 10.8 Å². The van der Waals surface area contributed by atoms with Crippen LogP contribution in [-0.2, 0) is 10.8 Å². The van der Waals surface area contributed by atoms with Gasteiger partial charge in [-0.05, 0) is 211 Å². The van der Waals surface area contributed by atoms with E-state index in [-0.39, 0.29) is 23.3 Å². The molecule has 0 N–H and O–H groups in total. The molecule has 0 bridgehead atoms. The van der Waals surface area contributed by atoms with E-state index in [2.05, 4.69) is 156 Å². The molecule has 0 amide bonds. The molecule has 2 aliphatic carbocycles. The largest absolute Gasteiger partial charge is 0.456 e. The number of nitrogens with zero attached hydrogens (tertiary/aromatic N) is 2. The van der Waals surface area contributed by atoms with Gasteiger partial charge in [-0.25, -0.2) is 17.6 Å². The first-order valence-corrected chi connectivity index (χ1v) is 28.2. The minimum absolute atomic E-state index is 0.327. The normalized spacial score (nSPS) is 15.5. The Morgan fingerprint density at radius 3 is 0.953 bits per heavy atom. The molecule has 0 spiro atoms. The summed E-state index contributed by atoms with van der Waals surface area (Å²) in [6, 6.07) is 85.4. The van der Waals surface area contributed by atoms with Crippen molar-refractivity contribution < 1.29 is 22.0 Å². The highest BCUT2D eigenvalue weighted by Crippen LogP contribution is 2.59. The number of halogens is 4. The number of hydrogen-bond donors (Lipinski definition) is 0. The first kappa shape index (κ1) is 51.1. The van der Waals surface area contributed by atoms with Gasteiger partial charge in [0.1, 0.15) is 34.4 Å². The lowest BCUT2D eigenvalue weighted by atomic mass is 9.67. The van der Waals surface area contributed by atoms with Crippen LogP contribution in [0, 0.1) is 23.3 Å². The van der Waals surface area contributed by atoms with Crippen molar-refractivity contribution in [1.82, 2.24) is 0 Å². The summed E-state index contributed by atoms with van der Waals surface area (Å²) >= 11 is 0. The Hall–Kier alpha value is -10.8. The highest BCUT2D eigenvalue weighted by molar-refractivity contribution is 6.08. The van der Waals surface area contributed by atoms with Gasteiger partial charge in [-0.15, -0.1) is 0 Å². The molecule has 85 heavy (non-hydrogen) atoms. The van der Waals surface area contributed by atoms with Crippen molar-refractivity contribution in [3.63, 3.8) is 0 Å². The maximum Gasteiger partial charge on any atom is 0.135 e. The lowest BCUT2D eigenvalue weighted by molar-refractivity contribution is 0.624. The number of fused-ring (bicyclic) bond motifs is 9. The predicted molar refractivity (Wildman–Crippen MR) is 338 cm³/mol. The molecule has 2 atom stereocenters. The van der Waals surface area contributed by atoms with Crippen LogP contribution < -0.4 is 9.80 Å². The Morgan fingerprint density at radius 1 is 0.294 bits per heavy atom. The summed E-state index contributed by atoms with van der Waals surface area (Å²) in [5.41, 5.74) is 18.4. The van der Waals surface area contributed by atoms with Crippen LogP contribution in [0.4, 0.5) is 51.7 Å². The van der Waals surface area contributed by atoms with Gasteiger partial charge in [-0.3, -0.25) is 0 Å². The van der Waals surface area contributed by atoms with Crippen molar-refractivity contribution in [1.29, 1.82) is 0 Å². The van der Waals surface area contributed by atoms with Crippen LogP contribution >= 0.6 is 0 Å². The number of hydrogen-bond acceptors (Lipinski definition) is 3. The molecule has 0 fully saturated rings. The van der Waals surface area contributed by atoms with Crippen molar-refractivity contribution in [3.8, 4) is 22.3 Å². The highest BCUT2D eigenvalue weighted by atomic mass is 19.1. The molecule has 0 radical (unpaired) electrons. The van der Waals surface area contributed by atoms with Crippen LogP contribution in [0.5, 0.6) is 0 Å². The molecule has 7 heteroatoms. The molecular weight excluding hydrogens is 1060 g/mol. The van der Waals surface area contributed by atoms with Crippen LogP contribution in [0.25, 0.3) is 56.3 Å². The fourth-order valence-corrected chi connectivity index (χ4v) is 13.6. The van der Waals surface area contributed by atoms with Crippen LogP contribution in [-0.4, -0.2) is 0 Å². The third-order valence-electron chi connectivity index (χ3n) is 17.4. The van der Waals surface area contributed by atoms with Crippen LogP contribution in [0.2, 0.25) is 0 Å². The summed E-state index contributed by atoms with van der Waals surface area (Å²) < 4.78 is 66.6. The second-order valence-electron chi connectivity index (χ2n) is 21.8. The Balaban J connectivity index is 0.912. The molecule has 13 aromatic rings. The van der Waals surface area contributed by atoms with Gasteiger partial charge in [-0.2, -0.15) is 0 Å². The first-order valence-electron chi connectivity index (χ1n) is 28.2. The highest BCUT2D eigenvalue weighted by Gasteiger charge is 2.48. The molecule has 1 heterocycles. The fraction of sp³-hybridized carbons (Fsp3) is 0.0256. The minimum atomic E-state index is -0.858. The zero-order chi connectivity index (χ0) is 57.6. The molecule has 12 aromatic carbocycles. The SMILES string of the molecule is C=Cc1ccc(C2(c3ccc(F)cc3)c3ccccc3-c3ccc(N(c4ccc(F)cc4)c4ccc5oc6ccc(N(c7ccc(F)cc7)c7ccc8c(c7)C(c7ccc(F)cc7)(c7ccc(C=C)cc7)c7ccccc7-8)cc6c5c4)cc32)cc1. The van der Waals surface area contributed by atoms with E-state index < -0.39 is 10.8 Å². The fourth-order valence-electron chi connectivity index (χ4n) is 13.6. The topological polar surface area (TPSA) is 19.6 Å². The summed E-state index contributed by atoms with van der Waals surface area (Å²) in [5.74, 6) is -1.38. The van der Waals surface area contributed by atoms with Gasteiger partial charge >= 0.3 is 0 Å². The Labute approximate surface area is 489 Å². The molecule has 0 saturated heterocycles. The third kappa shape index (κ3) is 8.02. The van der Waals surface area contributed by atoms with E-state index >= 15 is 8.78 Å². The second-order valence-corrected chi connectivity index (χ2v) is 21.8. The third-order valence-corrected chi connectivity index (χ3v) is 17.4. The van der Waals surface area contributed by atoms with Crippen LogP contribution in [0.1, 0.15) is 55.6 Å². The van der Waals surface area contributed by atoms with E-state index in [1.54, 1.807) is 24.3 Å². The summed E-state index contributed by atoms with van der Waals surface area (Å²) in [6.07, 6.45) is 3.65. The van der Waals surface area contributed by atoms with Crippen LogP contribution in [0.15, 0.2) is 284 Å². The summed E-state index contributed by atoms with van der Waals surface area (Å²) in [4.78, 5) is 4.26. The van der Waals surface area contributed by atoms with E-state index in [1.807, 2.05) is 72.8 Å². The smallest absolute Gasteiger partial charge is 0.135 e. The molecular formula is C78H50F4N2O. The van der Waals surface area contributed by atoms with E-state index in [1.165, 1.54) is 48.5 Å². The number of rotatable bonds is 12. The molecule has 0 aliphatic heterocycles. The zero-order valence-corrected chi connectivity index (χ0v) is 45.8. The second kappa shape index (κ2) is 20.0. The minimum Gasteiger partial charge on any atom is -0.456 e. The summed E-state index contributed by atoms with van der Waals surface area (Å²) in [5, 5.41) is 1.67. The van der Waals surface area contributed by atoms with Crippen molar-refractivity contribution in [3.05, 3.63) is 359 Å². The molecule has 1 aromatic heterocycles. The van der Waals surface area contributed by atoms with E-state index in [0.29, 0.717) is 11.2 Å². The summed E-state index contributed by atoms with van der Waals surface area (Å²) in [7, 11) is 0. The Bertz CT molecular complexity index is 4480. The lowest BCUT2D eigenvalue weighted by Crippen LogP contribution is -2.29. The quantitative estimate of drug-likeness (QED) is 0.114. The average Bonchev–Trinajstić information content (AvgIpc) is 1.77.